The van der Waals surface area contributed by atoms with Gasteiger partial charge in [0.25, 0.3) is 5.69 Å². The van der Waals surface area contributed by atoms with Gasteiger partial charge in [0, 0.05) is 48.9 Å². The number of hydrogen-bond donors (Lipinski definition) is 0. The average Bonchev–Trinajstić information content (AvgIpc) is 2.68. The molecule has 0 spiro atoms. The van der Waals surface area contributed by atoms with Crippen molar-refractivity contribution in [3.63, 3.8) is 0 Å². The molecule has 4 rings (SSSR count). The van der Waals surface area contributed by atoms with Crippen LogP contribution >= 0.6 is 0 Å². The molecule has 0 aliphatic carbocycles. The molecular formula is C18H22N4O2. The second kappa shape index (κ2) is 6.02. The van der Waals surface area contributed by atoms with E-state index < -0.39 is 0 Å². The van der Waals surface area contributed by atoms with Crippen LogP contribution in [-0.2, 0) is 0 Å². The van der Waals surface area contributed by atoms with Gasteiger partial charge in [0.1, 0.15) is 5.82 Å². The van der Waals surface area contributed by atoms with Gasteiger partial charge >= 0.3 is 0 Å². The number of anilines is 1. The van der Waals surface area contributed by atoms with Gasteiger partial charge in [-0.1, -0.05) is 6.42 Å². The fourth-order valence-corrected chi connectivity index (χ4v) is 4.12. The minimum Gasteiger partial charge on any atom is -0.355 e. The Hall–Kier alpha value is -2.21. The predicted octanol–water partition coefficient (Wildman–Crippen LogP) is 3.21. The van der Waals surface area contributed by atoms with Crippen LogP contribution in [0.3, 0.4) is 0 Å². The fourth-order valence-electron chi connectivity index (χ4n) is 4.12. The van der Waals surface area contributed by atoms with Crippen molar-refractivity contribution in [3.8, 4) is 0 Å². The molecule has 1 aromatic heterocycles. The Morgan fingerprint density at radius 3 is 2.83 bits per heavy atom. The summed E-state index contributed by atoms with van der Waals surface area (Å²) >= 11 is 0. The normalized spacial score (nSPS) is 24.8. The van der Waals surface area contributed by atoms with Gasteiger partial charge in [0.15, 0.2) is 0 Å². The molecule has 0 radical (unpaired) electrons. The number of likely N-dealkylation sites (N-methyl/N-ethyl adjacent to an activating group) is 1. The van der Waals surface area contributed by atoms with Crippen LogP contribution in [0, 0.1) is 10.1 Å². The monoisotopic (exact) mass is 326 g/mol. The fraction of sp³-hybridized carbons (Fsp3) is 0.500. The summed E-state index contributed by atoms with van der Waals surface area (Å²) in [6.07, 6.45) is 6.82. The quantitative estimate of drug-likeness (QED) is 0.626. The third-order valence-corrected chi connectivity index (χ3v) is 5.62. The third kappa shape index (κ3) is 2.71. The Bertz CT molecular complexity index is 779. The van der Waals surface area contributed by atoms with E-state index in [-0.39, 0.29) is 10.6 Å². The van der Waals surface area contributed by atoms with E-state index in [4.69, 9.17) is 0 Å². The van der Waals surface area contributed by atoms with Gasteiger partial charge in [-0.2, -0.15) is 0 Å². The molecule has 2 fully saturated rings. The van der Waals surface area contributed by atoms with Crippen molar-refractivity contribution >= 4 is 22.3 Å². The lowest BCUT2D eigenvalue weighted by Gasteiger charge is -2.37. The summed E-state index contributed by atoms with van der Waals surface area (Å²) in [7, 11) is 2.25. The van der Waals surface area contributed by atoms with Crippen molar-refractivity contribution < 1.29 is 4.92 Å². The van der Waals surface area contributed by atoms with Crippen molar-refractivity contribution in [3.05, 3.63) is 40.6 Å². The lowest BCUT2D eigenvalue weighted by atomic mass is 9.96. The van der Waals surface area contributed by atoms with Crippen molar-refractivity contribution in [2.45, 2.75) is 37.8 Å². The molecule has 0 N–H and O–H groups in total. The van der Waals surface area contributed by atoms with Gasteiger partial charge in [0.2, 0.25) is 0 Å². The number of piperidine rings is 1. The molecular weight excluding hydrogens is 304 g/mol. The van der Waals surface area contributed by atoms with Crippen LogP contribution in [0.5, 0.6) is 0 Å². The summed E-state index contributed by atoms with van der Waals surface area (Å²) in [6.45, 7) is 1.99. The molecule has 0 amide bonds. The Morgan fingerprint density at radius 1 is 1.17 bits per heavy atom. The molecule has 2 atom stereocenters. The van der Waals surface area contributed by atoms with E-state index in [0.717, 1.165) is 36.1 Å². The van der Waals surface area contributed by atoms with E-state index in [1.165, 1.54) is 25.3 Å². The summed E-state index contributed by atoms with van der Waals surface area (Å²) in [6, 6.07) is 8.20. The molecule has 2 aliphatic heterocycles. The van der Waals surface area contributed by atoms with Gasteiger partial charge in [-0.3, -0.25) is 15.0 Å². The lowest BCUT2D eigenvalue weighted by molar-refractivity contribution is -0.384. The molecule has 2 aromatic rings. The first-order valence-corrected chi connectivity index (χ1v) is 8.63. The summed E-state index contributed by atoms with van der Waals surface area (Å²) in [4.78, 5) is 20.2. The van der Waals surface area contributed by atoms with Crippen LogP contribution in [0.4, 0.5) is 11.5 Å². The molecule has 126 valence electrons. The highest BCUT2D eigenvalue weighted by Crippen LogP contribution is 2.30. The van der Waals surface area contributed by atoms with Crippen LogP contribution < -0.4 is 4.90 Å². The Balaban J connectivity index is 1.66. The van der Waals surface area contributed by atoms with Gasteiger partial charge in [-0.05, 0) is 43.8 Å². The topological polar surface area (TPSA) is 62.5 Å². The maximum absolute atomic E-state index is 11.0. The number of nitro groups is 1. The Morgan fingerprint density at radius 2 is 2.00 bits per heavy atom. The number of nitro benzene ring substituents is 1. The Kier molecular flexibility index (Phi) is 3.84. The number of non-ortho nitro benzene ring substituents is 1. The first-order chi connectivity index (χ1) is 11.6. The van der Waals surface area contributed by atoms with E-state index in [2.05, 4.69) is 21.8 Å². The maximum atomic E-state index is 11.0. The lowest BCUT2D eigenvalue weighted by Crippen LogP contribution is -2.45. The molecule has 2 bridgehead atoms. The first-order valence-electron chi connectivity index (χ1n) is 8.63. The number of hydrogen-bond acceptors (Lipinski definition) is 5. The van der Waals surface area contributed by atoms with E-state index in [1.54, 1.807) is 12.1 Å². The number of aromatic nitrogens is 1. The summed E-state index contributed by atoms with van der Waals surface area (Å²) in [5.41, 5.74) is 0.131. The van der Waals surface area contributed by atoms with Gasteiger partial charge in [-0.15, -0.1) is 0 Å². The van der Waals surface area contributed by atoms with Crippen LogP contribution in [0.2, 0.25) is 0 Å². The van der Waals surface area contributed by atoms with Crippen LogP contribution in [0.25, 0.3) is 10.8 Å². The number of pyridine rings is 1. The molecule has 24 heavy (non-hydrogen) atoms. The smallest absolute Gasteiger partial charge is 0.270 e. The molecule has 2 saturated heterocycles. The molecule has 0 unspecified atom stereocenters. The zero-order valence-electron chi connectivity index (χ0n) is 13.9. The molecule has 0 saturated carbocycles. The van der Waals surface area contributed by atoms with Crippen LogP contribution in [0.15, 0.2) is 30.5 Å². The average molecular weight is 326 g/mol. The van der Waals surface area contributed by atoms with Gasteiger partial charge < -0.3 is 4.90 Å². The van der Waals surface area contributed by atoms with Crippen molar-refractivity contribution in [2.24, 2.45) is 0 Å². The van der Waals surface area contributed by atoms with Crippen molar-refractivity contribution in [1.82, 2.24) is 9.88 Å². The summed E-state index contributed by atoms with van der Waals surface area (Å²) in [5.74, 6) is 0.934. The molecule has 2 aliphatic rings. The number of benzene rings is 1. The van der Waals surface area contributed by atoms with Crippen molar-refractivity contribution in [1.29, 1.82) is 0 Å². The minimum atomic E-state index is -0.344. The van der Waals surface area contributed by atoms with E-state index in [0.29, 0.717) is 12.1 Å². The molecule has 1 aromatic carbocycles. The second-order valence-corrected chi connectivity index (χ2v) is 6.97. The summed E-state index contributed by atoms with van der Waals surface area (Å²) in [5, 5.41) is 12.8. The Labute approximate surface area is 141 Å². The zero-order valence-corrected chi connectivity index (χ0v) is 13.9. The number of fused-ring (bicyclic) bond motifs is 3. The van der Waals surface area contributed by atoms with E-state index in [9.17, 15) is 10.1 Å². The highest BCUT2D eigenvalue weighted by molar-refractivity contribution is 5.86. The third-order valence-electron chi connectivity index (χ3n) is 5.62. The van der Waals surface area contributed by atoms with E-state index in [1.807, 2.05) is 12.3 Å². The summed E-state index contributed by atoms with van der Waals surface area (Å²) < 4.78 is 0. The van der Waals surface area contributed by atoms with Gasteiger partial charge in [-0.25, -0.2) is 4.98 Å². The minimum absolute atomic E-state index is 0.131. The molecule has 6 heteroatoms. The number of rotatable bonds is 2. The van der Waals surface area contributed by atoms with Gasteiger partial charge in [0.05, 0.1) is 4.92 Å². The molecule has 6 nitrogen and oxygen atoms in total. The highest BCUT2D eigenvalue weighted by Gasteiger charge is 2.32. The zero-order chi connectivity index (χ0) is 16.7. The van der Waals surface area contributed by atoms with Crippen LogP contribution in [0.1, 0.15) is 25.7 Å². The first kappa shape index (κ1) is 15.3. The standard InChI is InChI=1S/C18H22N4O2/c1-20-15-3-2-4-17(20)12-21(8-7-15)18-10-14-9-16(22(23)24)6-5-13(14)11-19-18/h5-6,9-11,15,17H,2-4,7-8,12H2,1H3/t15-,17+/m1/s1. The van der Waals surface area contributed by atoms with E-state index >= 15 is 0 Å². The second-order valence-electron chi connectivity index (χ2n) is 6.97. The number of nitrogens with zero attached hydrogens (tertiary/aromatic N) is 4. The van der Waals surface area contributed by atoms with Crippen LogP contribution in [-0.4, -0.2) is 47.0 Å². The molecule has 3 heterocycles. The highest BCUT2D eigenvalue weighted by atomic mass is 16.6. The largest absolute Gasteiger partial charge is 0.355 e. The SMILES string of the molecule is CN1[C@@H]2CCC[C@H]1CN(c1cc3cc([N+](=O)[O-])ccc3cn1)CC2. The maximum Gasteiger partial charge on any atom is 0.270 e. The van der Waals surface area contributed by atoms with Crippen molar-refractivity contribution in [2.75, 3.05) is 25.0 Å². The predicted molar refractivity (Wildman–Crippen MR) is 94.4 cm³/mol.